The minimum Gasteiger partial charge on any atom is -0.398 e. The number of nitrogen functional groups attached to an aromatic ring is 1. The average Bonchev–Trinajstić information content (AvgIpc) is 2.38. The van der Waals surface area contributed by atoms with Crippen molar-refractivity contribution in [3.8, 4) is 0 Å². The molecule has 0 unspecified atom stereocenters. The number of rotatable bonds is 3. The zero-order valence-electron chi connectivity index (χ0n) is 11.1. The second-order valence-corrected chi connectivity index (χ2v) is 4.79. The van der Waals surface area contributed by atoms with Crippen LogP contribution >= 0.6 is 11.6 Å². The van der Waals surface area contributed by atoms with Crippen molar-refractivity contribution < 1.29 is 4.79 Å². The maximum atomic E-state index is 11.9. The molecule has 0 bridgehead atoms. The number of hydrogen-bond donors (Lipinski definition) is 3. The number of benzene rings is 2. The summed E-state index contributed by atoms with van der Waals surface area (Å²) < 4.78 is 0. The van der Waals surface area contributed by atoms with Gasteiger partial charge in [-0.1, -0.05) is 30.7 Å². The highest BCUT2D eigenvalue weighted by atomic mass is 35.5. The van der Waals surface area contributed by atoms with E-state index in [1.807, 2.05) is 19.1 Å². The molecule has 4 nitrogen and oxygen atoms in total. The molecule has 0 aromatic heterocycles. The molecule has 0 aliphatic rings. The second-order valence-electron chi connectivity index (χ2n) is 4.36. The van der Waals surface area contributed by atoms with Crippen molar-refractivity contribution in [2.75, 3.05) is 16.4 Å². The van der Waals surface area contributed by atoms with Crippen LogP contribution in [0.4, 0.5) is 21.9 Å². The van der Waals surface area contributed by atoms with E-state index in [4.69, 9.17) is 17.3 Å². The van der Waals surface area contributed by atoms with Crippen LogP contribution in [0.5, 0.6) is 0 Å². The lowest BCUT2D eigenvalue weighted by atomic mass is 10.1. The first-order valence-electron chi connectivity index (χ1n) is 6.30. The van der Waals surface area contributed by atoms with Gasteiger partial charge in [-0.05, 0) is 42.3 Å². The van der Waals surface area contributed by atoms with Gasteiger partial charge in [-0.3, -0.25) is 0 Å². The quantitative estimate of drug-likeness (QED) is 0.744. The summed E-state index contributed by atoms with van der Waals surface area (Å²) in [5, 5.41) is 6.00. The van der Waals surface area contributed by atoms with Crippen LogP contribution < -0.4 is 16.4 Å². The van der Waals surface area contributed by atoms with Crippen LogP contribution in [0.25, 0.3) is 0 Å². The number of nitrogens with two attached hydrogens (primary N) is 1. The molecular formula is C15H16ClN3O. The monoisotopic (exact) mass is 289 g/mol. The number of nitrogens with one attached hydrogen (secondary N) is 2. The first kappa shape index (κ1) is 14.2. The maximum absolute atomic E-state index is 11.9. The van der Waals surface area contributed by atoms with E-state index in [2.05, 4.69) is 10.6 Å². The van der Waals surface area contributed by atoms with Crippen LogP contribution in [-0.4, -0.2) is 6.03 Å². The van der Waals surface area contributed by atoms with Crippen molar-refractivity contribution in [1.29, 1.82) is 0 Å². The van der Waals surface area contributed by atoms with Gasteiger partial charge in [0.2, 0.25) is 0 Å². The molecule has 2 aromatic carbocycles. The maximum Gasteiger partial charge on any atom is 0.323 e. The van der Waals surface area contributed by atoms with Crippen LogP contribution in [0.1, 0.15) is 12.5 Å². The Morgan fingerprint density at radius 1 is 1.15 bits per heavy atom. The van der Waals surface area contributed by atoms with Crippen molar-refractivity contribution in [3.05, 3.63) is 53.1 Å². The molecule has 4 N–H and O–H groups in total. The van der Waals surface area contributed by atoms with Crippen LogP contribution in [0.3, 0.4) is 0 Å². The van der Waals surface area contributed by atoms with Crippen LogP contribution in [0.2, 0.25) is 5.02 Å². The van der Waals surface area contributed by atoms with Crippen molar-refractivity contribution in [2.45, 2.75) is 13.3 Å². The summed E-state index contributed by atoms with van der Waals surface area (Å²) in [6, 6.07) is 12.1. The van der Waals surface area contributed by atoms with E-state index in [1.54, 1.807) is 30.3 Å². The van der Waals surface area contributed by atoms with Crippen molar-refractivity contribution >= 4 is 34.7 Å². The SMILES string of the molecule is CCc1ccc(NC(=O)Nc2cccc(Cl)c2)cc1N. The highest BCUT2D eigenvalue weighted by Gasteiger charge is 2.04. The molecule has 0 radical (unpaired) electrons. The minimum absolute atomic E-state index is 0.337. The molecule has 20 heavy (non-hydrogen) atoms. The number of carbonyl (C=O) groups is 1. The van der Waals surface area contributed by atoms with Crippen molar-refractivity contribution in [2.24, 2.45) is 0 Å². The number of amides is 2. The summed E-state index contributed by atoms with van der Waals surface area (Å²) in [5.74, 6) is 0. The highest BCUT2D eigenvalue weighted by molar-refractivity contribution is 6.30. The van der Waals surface area contributed by atoms with Gasteiger partial charge in [0.05, 0.1) is 0 Å². The summed E-state index contributed by atoms with van der Waals surface area (Å²) in [6.07, 6.45) is 0.862. The zero-order chi connectivity index (χ0) is 14.5. The largest absolute Gasteiger partial charge is 0.398 e. The molecule has 2 aromatic rings. The van der Waals surface area contributed by atoms with E-state index in [0.29, 0.717) is 22.1 Å². The Balaban J connectivity index is 2.03. The lowest BCUT2D eigenvalue weighted by Crippen LogP contribution is -2.19. The Morgan fingerprint density at radius 3 is 2.45 bits per heavy atom. The van der Waals surface area contributed by atoms with Gasteiger partial charge in [0.1, 0.15) is 0 Å². The Morgan fingerprint density at radius 2 is 1.85 bits per heavy atom. The Labute approximate surface area is 122 Å². The predicted molar refractivity (Wildman–Crippen MR) is 84.3 cm³/mol. The molecule has 5 heteroatoms. The van der Waals surface area contributed by atoms with Crippen LogP contribution in [0.15, 0.2) is 42.5 Å². The summed E-state index contributed by atoms with van der Waals surface area (Å²) in [6.45, 7) is 2.03. The number of urea groups is 1. The summed E-state index contributed by atoms with van der Waals surface area (Å²) in [7, 11) is 0. The average molecular weight is 290 g/mol. The molecule has 0 saturated heterocycles. The minimum atomic E-state index is -0.337. The lowest BCUT2D eigenvalue weighted by Gasteiger charge is -2.10. The predicted octanol–water partition coefficient (Wildman–Crippen LogP) is 4.13. The third kappa shape index (κ3) is 3.65. The van der Waals surface area contributed by atoms with E-state index in [-0.39, 0.29) is 6.03 Å². The van der Waals surface area contributed by atoms with Gasteiger partial charge in [-0.2, -0.15) is 0 Å². The molecule has 2 amide bonds. The van der Waals surface area contributed by atoms with Gasteiger partial charge in [0.15, 0.2) is 0 Å². The normalized spacial score (nSPS) is 10.1. The Hall–Kier alpha value is -2.20. The second kappa shape index (κ2) is 6.30. The summed E-state index contributed by atoms with van der Waals surface area (Å²) >= 11 is 5.85. The molecule has 0 aliphatic carbocycles. The molecule has 0 aliphatic heterocycles. The van der Waals surface area contributed by atoms with Gasteiger partial charge in [-0.15, -0.1) is 0 Å². The van der Waals surface area contributed by atoms with E-state index in [9.17, 15) is 4.79 Å². The molecule has 104 valence electrons. The zero-order valence-corrected chi connectivity index (χ0v) is 11.9. The van der Waals surface area contributed by atoms with Gasteiger partial charge < -0.3 is 16.4 Å². The molecular weight excluding hydrogens is 274 g/mol. The molecule has 0 fully saturated rings. The van der Waals surface area contributed by atoms with Gasteiger partial charge in [-0.25, -0.2) is 4.79 Å². The van der Waals surface area contributed by atoms with Crippen molar-refractivity contribution in [1.82, 2.24) is 0 Å². The highest BCUT2D eigenvalue weighted by Crippen LogP contribution is 2.19. The molecule has 2 rings (SSSR count). The molecule has 0 heterocycles. The third-order valence-electron chi connectivity index (χ3n) is 2.87. The van der Waals surface area contributed by atoms with E-state index < -0.39 is 0 Å². The first-order valence-corrected chi connectivity index (χ1v) is 6.68. The smallest absolute Gasteiger partial charge is 0.323 e. The van der Waals surface area contributed by atoms with E-state index >= 15 is 0 Å². The Bertz CT molecular complexity index is 628. The molecule has 0 saturated carbocycles. The summed E-state index contributed by atoms with van der Waals surface area (Å²) in [5.41, 5.74) is 8.91. The topological polar surface area (TPSA) is 67.2 Å². The molecule has 0 atom stereocenters. The number of carbonyl (C=O) groups excluding carboxylic acids is 1. The standard InChI is InChI=1S/C15H16ClN3O/c1-2-10-6-7-13(9-14(10)17)19-15(20)18-12-5-3-4-11(16)8-12/h3-9H,2,17H2,1H3,(H2,18,19,20). The lowest BCUT2D eigenvalue weighted by molar-refractivity contribution is 0.262. The fourth-order valence-electron chi connectivity index (χ4n) is 1.85. The van der Waals surface area contributed by atoms with Crippen molar-refractivity contribution in [3.63, 3.8) is 0 Å². The van der Waals surface area contributed by atoms with Gasteiger partial charge in [0.25, 0.3) is 0 Å². The van der Waals surface area contributed by atoms with Gasteiger partial charge in [0, 0.05) is 22.1 Å². The first-order chi connectivity index (χ1) is 9.58. The number of hydrogen-bond acceptors (Lipinski definition) is 2. The van der Waals surface area contributed by atoms with E-state index in [1.165, 1.54) is 0 Å². The number of aryl methyl sites for hydroxylation is 1. The number of anilines is 3. The Kier molecular flexibility index (Phi) is 4.48. The summed E-state index contributed by atoms with van der Waals surface area (Å²) in [4.78, 5) is 11.9. The number of halogens is 1. The fourth-order valence-corrected chi connectivity index (χ4v) is 2.04. The van der Waals surface area contributed by atoms with Crippen LogP contribution in [0, 0.1) is 0 Å². The third-order valence-corrected chi connectivity index (χ3v) is 3.10. The fraction of sp³-hybridized carbons (Fsp3) is 0.133. The van der Waals surface area contributed by atoms with Gasteiger partial charge >= 0.3 is 6.03 Å². The van der Waals surface area contributed by atoms with Crippen LogP contribution in [-0.2, 0) is 6.42 Å². The van der Waals surface area contributed by atoms with E-state index in [0.717, 1.165) is 12.0 Å². The molecule has 0 spiro atoms.